The minimum absolute atomic E-state index is 0.642. The van der Waals surface area contributed by atoms with Crippen molar-refractivity contribution in [3.63, 3.8) is 0 Å². The van der Waals surface area contributed by atoms with Gasteiger partial charge in [-0.2, -0.15) is 0 Å². The van der Waals surface area contributed by atoms with Crippen LogP contribution >= 0.6 is 0 Å². The van der Waals surface area contributed by atoms with Gasteiger partial charge in [-0.1, -0.05) is 11.6 Å². The lowest BCUT2D eigenvalue weighted by molar-refractivity contribution is 0.181. The molecule has 0 bridgehead atoms. The van der Waals surface area contributed by atoms with Crippen molar-refractivity contribution >= 4 is 0 Å². The van der Waals surface area contributed by atoms with Gasteiger partial charge in [-0.25, -0.2) is 0 Å². The third-order valence-corrected chi connectivity index (χ3v) is 3.32. The van der Waals surface area contributed by atoms with Gasteiger partial charge in [0.25, 0.3) is 0 Å². The number of nitrogens with zero attached hydrogens (tertiary/aromatic N) is 1. The molecule has 15 heavy (non-hydrogen) atoms. The van der Waals surface area contributed by atoms with Crippen molar-refractivity contribution in [2.45, 2.75) is 39.7 Å². The highest BCUT2D eigenvalue weighted by Crippen LogP contribution is 2.18. The number of allylic oxidation sites excluding steroid dienone is 1. The zero-order valence-electron chi connectivity index (χ0n) is 10.7. The molecular formula is C13H26N2. The Morgan fingerprint density at radius 2 is 2.27 bits per heavy atom. The molecule has 1 rings (SSSR count). The molecule has 2 unspecified atom stereocenters. The van der Waals surface area contributed by atoms with Crippen LogP contribution in [0.1, 0.15) is 33.6 Å². The molecule has 0 aromatic carbocycles. The summed E-state index contributed by atoms with van der Waals surface area (Å²) in [5.74, 6) is 0.828. The van der Waals surface area contributed by atoms with Crippen molar-refractivity contribution in [2.24, 2.45) is 5.92 Å². The summed E-state index contributed by atoms with van der Waals surface area (Å²) in [6, 6.07) is 0.642. The second kappa shape index (κ2) is 6.29. The average Bonchev–Trinajstić information content (AvgIpc) is 2.17. The molecule has 0 radical (unpaired) electrons. The van der Waals surface area contributed by atoms with Gasteiger partial charge in [-0.15, -0.1) is 0 Å². The summed E-state index contributed by atoms with van der Waals surface area (Å²) in [5, 5.41) is 3.60. The fourth-order valence-electron chi connectivity index (χ4n) is 2.23. The molecule has 0 saturated carbocycles. The van der Waals surface area contributed by atoms with E-state index in [1.54, 1.807) is 0 Å². The third kappa shape index (κ3) is 4.80. The molecule has 1 aliphatic heterocycles. The van der Waals surface area contributed by atoms with Crippen LogP contribution in [0.4, 0.5) is 0 Å². The van der Waals surface area contributed by atoms with Gasteiger partial charge in [0.1, 0.15) is 0 Å². The fraction of sp³-hybridized carbons (Fsp3) is 0.846. The second-order valence-electron chi connectivity index (χ2n) is 5.14. The summed E-state index contributed by atoms with van der Waals surface area (Å²) >= 11 is 0. The molecule has 0 aromatic heterocycles. The van der Waals surface area contributed by atoms with Crippen molar-refractivity contribution < 1.29 is 0 Å². The molecule has 0 aromatic rings. The van der Waals surface area contributed by atoms with Crippen LogP contribution in [0.2, 0.25) is 0 Å². The van der Waals surface area contributed by atoms with Gasteiger partial charge >= 0.3 is 0 Å². The van der Waals surface area contributed by atoms with E-state index in [1.807, 2.05) is 0 Å². The van der Waals surface area contributed by atoms with Crippen LogP contribution in [0.5, 0.6) is 0 Å². The molecule has 1 N–H and O–H groups in total. The highest BCUT2D eigenvalue weighted by atomic mass is 15.1. The predicted octanol–water partition coefficient (Wildman–Crippen LogP) is 2.27. The topological polar surface area (TPSA) is 15.3 Å². The first kappa shape index (κ1) is 12.7. The molecule has 0 aliphatic carbocycles. The Balaban J connectivity index is 2.26. The maximum atomic E-state index is 3.60. The lowest BCUT2D eigenvalue weighted by atomic mass is 9.92. The van der Waals surface area contributed by atoms with Crippen LogP contribution in [0.15, 0.2) is 11.6 Å². The van der Waals surface area contributed by atoms with Crippen LogP contribution < -0.4 is 5.32 Å². The maximum absolute atomic E-state index is 3.60. The molecular weight excluding hydrogens is 184 g/mol. The molecule has 2 atom stereocenters. The van der Waals surface area contributed by atoms with Crippen LogP contribution in [-0.4, -0.2) is 37.6 Å². The molecule has 2 nitrogen and oxygen atoms in total. The highest BCUT2D eigenvalue weighted by molar-refractivity contribution is 4.95. The van der Waals surface area contributed by atoms with E-state index in [0.29, 0.717) is 6.04 Å². The van der Waals surface area contributed by atoms with E-state index in [4.69, 9.17) is 0 Å². The summed E-state index contributed by atoms with van der Waals surface area (Å²) in [6.07, 6.45) is 5.01. The van der Waals surface area contributed by atoms with Gasteiger partial charge in [-0.05, 0) is 53.1 Å². The molecule has 1 heterocycles. The van der Waals surface area contributed by atoms with E-state index < -0.39 is 0 Å². The standard InChI is InChI=1S/C13H26N2/c1-11(2)7-8-14-12(3)13-6-5-9-15(4)10-13/h7,12-14H,5-6,8-10H2,1-4H3. The van der Waals surface area contributed by atoms with E-state index in [0.717, 1.165) is 12.5 Å². The van der Waals surface area contributed by atoms with Gasteiger partial charge < -0.3 is 10.2 Å². The van der Waals surface area contributed by atoms with E-state index in [-0.39, 0.29) is 0 Å². The molecule has 88 valence electrons. The van der Waals surface area contributed by atoms with Gasteiger partial charge in [0.2, 0.25) is 0 Å². The monoisotopic (exact) mass is 210 g/mol. The van der Waals surface area contributed by atoms with Crippen molar-refractivity contribution in [1.29, 1.82) is 0 Å². The maximum Gasteiger partial charge on any atom is 0.0139 e. The smallest absolute Gasteiger partial charge is 0.0139 e. The number of piperidine rings is 1. The quantitative estimate of drug-likeness (QED) is 0.716. The van der Waals surface area contributed by atoms with Crippen molar-refractivity contribution in [1.82, 2.24) is 10.2 Å². The van der Waals surface area contributed by atoms with Crippen LogP contribution in [-0.2, 0) is 0 Å². The minimum Gasteiger partial charge on any atom is -0.310 e. The zero-order chi connectivity index (χ0) is 11.3. The lowest BCUT2D eigenvalue weighted by Crippen LogP contribution is -2.43. The van der Waals surface area contributed by atoms with Crippen LogP contribution in [0.25, 0.3) is 0 Å². The van der Waals surface area contributed by atoms with E-state index in [9.17, 15) is 0 Å². The number of likely N-dealkylation sites (tertiary alicyclic amines) is 1. The van der Waals surface area contributed by atoms with Gasteiger partial charge in [0, 0.05) is 19.1 Å². The molecule has 2 heteroatoms. The number of rotatable bonds is 4. The Labute approximate surface area is 94.7 Å². The highest BCUT2D eigenvalue weighted by Gasteiger charge is 2.21. The Morgan fingerprint density at radius 3 is 2.87 bits per heavy atom. The Morgan fingerprint density at radius 1 is 1.53 bits per heavy atom. The van der Waals surface area contributed by atoms with Crippen LogP contribution in [0, 0.1) is 5.92 Å². The lowest BCUT2D eigenvalue weighted by Gasteiger charge is -2.33. The van der Waals surface area contributed by atoms with Crippen molar-refractivity contribution in [2.75, 3.05) is 26.7 Å². The first-order valence-electron chi connectivity index (χ1n) is 6.15. The van der Waals surface area contributed by atoms with E-state index >= 15 is 0 Å². The summed E-state index contributed by atoms with van der Waals surface area (Å²) < 4.78 is 0. The normalized spacial score (nSPS) is 24.9. The molecule has 1 aliphatic rings. The first-order chi connectivity index (χ1) is 7.09. The van der Waals surface area contributed by atoms with Gasteiger partial charge in [-0.3, -0.25) is 0 Å². The fourth-order valence-corrected chi connectivity index (χ4v) is 2.23. The molecule has 1 fully saturated rings. The average molecular weight is 210 g/mol. The third-order valence-electron chi connectivity index (χ3n) is 3.32. The predicted molar refractivity (Wildman–Crippen MR) is 67.1 cm³/mol. The minimum atomic E-state index is 0.642. The molecule has 0 spiro atoms. The zero-order valence-corrected chi connectivity index (χ0v) is 10.7. The summed E-state index contributed by atoms with van der Waals surface area (Å²) in [5.41, 5.74) is 1.40. The Hall–Kier alpha value is -0.340. The molecule has 1 saturated heterocycles. The SMILES string of the molecule is CC(C)=CCNC(C)C1CCCN(C)C1. The number of hydrogen-bond donors (Lipinski definition) is 1. The summed E-state index contributed by atoms with van der Waals surface area (Å²) in [6.45, 7) is 10.2. The van der Waals surface area contributed by atoms with Gasteiger partial charge in [0.15, 0.2) is 0 Å². The van der Waals surface area contributed by atoms with E-state index in [2.05, 4.69) is 44.1 Å². The molecule has 0 amide bonds. The number of nitrogens with one attached hydrogen (secondary N) is 1. The van der Waals surface area contributed by atoms with Crippen molar-refractivity contribution in [3.05, 3.63) is 11.6 Å². The second-order valence-corrected chi connectivity index (χ2v) is 5.14. The van der Waals surface area contributed by atoms with Crippen molar-refractivity contribution in [3.8, 4) is 0 Å². The van der Waals surface area contributed by atoms with Crippen LogP contribution in [0.3, 0.4) is 0 Å². The largest absolute Gasteiger partial charge is 0.310 e. The number of hydrogen-bond acceptors (Lipinski definition) is 2. The van der Waals surface area contributed by atoms with E-state index in [1.165, 1.54) is 31.5 Å². The summed E-state index contributed by atoms with van der Waals surface area (Å²) in [4.78, 5) is 2.45. The first-order valence-corrected chi connectivity index (χ1v) is 6.15. The Bertz CT molecular complexity index is 207. The Kier molecular flexibility index (Phi) is 5.34. The summed E-state index contributed by atoms with van der Waals surface area (Å²) in [7, 11) is 2.23. The van der Waals surface area contributed by atoms with Gasteiger partial charge in [0.05, 0.1) is 0 Å².